The number of thiol groups is 1. The third kappa shape index (κ3) is 3.69. The molecule has 0 saturated carbocycles. The quantitative estimate of drug-likeness (QED) is 0.433. The van der Waals surface area contributed by atoms with E-state index in [1.54, 1.807) is 0 Å². The van der Waals surface area contributed by atoms with Gasteiger partial charge in [0.2, 0.25) is 0 Å². The summed E-state index contributed by atoms with van der Waals surface area (Å²) >= 11 is 10.3. The lowest BCUT2D eigenvalue weighted by molar-refractivity contribution is 0.938. The maximum absolute atomic E-state index is 4.15. The van der Waals surface area contributed by atoms with Crippen LogP contribution in [0.3, 0.4) is 0 Å². The minimum absolute atomic E-state index is 0.942. The molecular weight excluding hydrogens is 200 g/mol. The molecule has 10 heavy (non-hydrogen) atoms. The van der Waals surface area contributed by atoms with Crippen LogP contribution in [0, 0.1) is 0 Å². The first kappa shape index (κ1) is 9.49. The van der Waals surface area contributed by atoms with Crippen LogP contribution < -0.4 is 0 Å². The molecule has 60 valence electrons. The molecule has 0 radical (unpaired) electrons. The normalized spacial score (nSPS) is 25.5. The first-order chi connectivity index (χ1) is 4.93. The molecule has 1 saturated heterocycles. The predicted molar refractivity (Wildman–Crippen MR) is 59.6 cm³/mol. The van der Waals surface area contributed by atoms with Crippen LogP contribution in [-0.4, -0.2) is 26.9 Å². The maximum atomic E-state index is 4.15. The summed E-state index contributed by atoms with van der Waals surface area (Å²) in [6, 6.07) is 0. The molecule has 1 rings (SSSR count). The Balaban J connectivity index is 1.91. The van der Waals surface area contributed by atoms with E-state index in [1.165, 1.54) is 23.0 Å². The van der Waals surface area contributed by atoms with E-state index < -0.39 is 0 Å². The average Bonchev–Trinajstić information content (AvgIpc) is 2.41. The summed E-state index contributed by atoms with van der Waals surface area (Å²) in [5, 5.41) is 3.23. The summed E-state index contributed by atoms with van der Waals surface area (Å²) in [7, 11) is 0. The molecule has 0 aromatic carbocycles. The van der Waals surface area contributed by atoms with Gasteiger partial charge in [0.05, 0.1) is 0 Å². The average molecular weight is 212 g/mol. The van der Waals surface area contributed by atoms with Crippen molar-refractivity contribution in [3.8, 4) is 0 Å². The molecule has 0 aliphatic carbocycles. The molecule has 1 atom stereocenters. The minimum atomic E-state index is 0.942. The number of rotatable bonds is 4. The summed E-state index contributed by atoms with van der Waals surface area (Å²) < 4.78 is 0. The molecule has 0 N–H and O–H groups in total. The third-order valence-corrected chi connectivity index (χ3v) is 5.55. The lowest BCUT2D eigenvalue weighted by Gasteiger charge is -2.04. The van der Waals surface area contributed by atoms with E-state index >= 15 is 0 Å². The smallest absolute Gasteiger partial charge is 0.0395 e. The molecule has 0 aromatic heterocycles. The van der Waals surface area contributed by atoms with Crippen molar-refractivity contribution < 1.29 is 0 Å². The highest BCUT2D eigenvalue weighted by molar-refractivity contribution is 8.19. The van der Waals surface area contributed by atoms with Crippen LogP contribution in [0.1, 0.15) is 6.42 Å². The predicted octanol–water partition coefficient (Wildman–Crippen LogP) is 2.80. The Morgan fingerprint density at radius 3 is 3.10 bits per heavy atom. The molecule has 0 spiro atoms. The van der Waals surface area contributed by atoms with Crippen LogP contribution in [0.15, 0.2) is 0 Å². The SMILES string of the molecule is SCSCCC1CSCS1. The Labute approximate surface area is 81.1 Å². The molecule has 1 unspecified atom stereocenters. The van der Waals surface area contributed by atoms with Crippen LogP contribution in [0.2, 0.25) is 0 Å². The fourth-order valence-electron chi connectivity index (χ4n) is 0.818. The summed E-state index contributed by atoms with van der Waals surface area (Å²) in [6.45, 7) is 0. The van der Waals surface area contributed by atoms with E-state index in [4.69, 9.17) is 0 Å². The second kappa shape index (κ2) is 5.98. The van der Waals surface area contributed by atoms with Gasteiger partial charge >= 0.3 is 0 Å². The summed E-state index contributed by atoms with van der Waals surface area (Å²) in [5.74, 6) is 2.67. The Morgan fingerprint density at radius 1 is 1.60 bits per heavy atom. The lowest BCUT2D eigenvalue weighted by atomic mass is 10.4. The Morgan fingerprint density at radius 2 is 2.50 bits per heavy atom. The topological polar surface area (TPSA) is 0 Å². The van der Waals surface area contributed by atoms with Gasteiger partial charge < -0.3 is 0 Å². The molecule has 4 heteroatoms. The molecular formula is C6H12S4. The second-order valence-electron chi connectivity index (χ2n) is 2.10. The van der Waals surface area contributed by atoms with Gasteiger partial charge in [-0.2, -0.15) is 24.4 Å². The van der Waals surface area contributed by atoms with Crippen LogP contribution >= 0.6 is 47.9 Å². The summed E-state index contributed by atoms with van der Waals surface area (Å²) in [4.78, 5) is 0. The van der Waals surface area contributed by atoms with E-state index in [1.807, 2.05) is 11.8 Å². The van der Waals surface area contributed by atoms with Gasteiger partial charge in [0.1, 0.15) is 0 Å². The zero-order valence-electron chi connectivity index (χ0n) is 5.78. The molecule has 0 bridgehead atoms. The summed E-state index contributed by atoms with van der Waals surface area (Å²) in [6.07, 6.45) is 1.38. The fraction of sp³-hybridized carbons (Fsp3) is 1.00. The first-order valence-corrected chi connectivity index (χ1v) is 7.30. The van der Waals surface area contributed by atoms with Crippen molar-refractivity contribution in [2.45, 2.75) is 11.7 Å². The number of thioether (sulfide) groups is 3. The monoisotopic (exact) mass is 212 g/mol. The van der Waals surface area contributed by atoms with Crippen LogP contribution in [-0.2, 0) is 0 Å². The van der Waals surface area contributed by atoms with E-state index in [0.717, 1.165) is 10.3 Å². The van der Waals surface area contributed by atoms with Gasteiger partial charge in [-0.25, -0.2) is 0 Å². The van der Waals surface area contributed by atoms with Crippen molar-refractivity contribution in [1.29, 1.82) is 0 Å². The first-order valence-electron chi connectivity index (χ1n) is 3.31. The highest BCUT2D eigenvalue weighted by Crippen LogP contribution is 2.32. The van der Waals surface area contributed by atoms with Crippen molar-refractivity contribution >= 4 is 47.9 Å². The van der Waals surface area contributed by atoms with Gasteiger partial charge in [-0.05, 0) is 12.2 Å². The van der Waals surface area contributed by atoms with E-state index in [2.05, 4.69) is 36.2 Å². The maximum Gasteiger partial charge on any atom is 0.0395 e. The second-order valence-corrected chi connectivity index (χ2v) is 6.64. The standard InChI is InChI=1S/C6H12S4/c7-4-8-2-1-6-3-9-5-10-6/h6-7H,1-5H2. The van der Waals surface area contributed by atoms with Gasteiger partial charge in [0, 0.05) is 21.2 Å². The zero-order chi connectivity index (χ0) is 7.23. The van der Waals surface area contributed by atoms with Crippen molar-refractivity contribution in [2.75, 3.05) is 21.7 Å². The molecule has 0 nitrogen and oxygen atoms in total. The van der Waals surface area contributed by atoms with E-state index in [0.29, 0.717) is 0 Å². The van der Waals surface area contributed by atoms with E-state index in [-0.39, 0.29) is 0 Å². The third-order valence-electron chi connectivity index (χ3n) is 1.37. The highest BCUT2D eigenvalue weighted by Gasteiger charge is 2.14. The van der Waals surface area contributed by atoms with Gasteiger partial charge in [0.25, 0.3) is 0 Å². The Hall–Kier alpha value is 1.40. The van der Waals surface area contributed by atoms with Gasteiger partial charge in [-0.15, -0.1) is 23.5 Å². The number of hydrogen-bond donors (Lipinski definition) is 1. The molecule has 1 fully saturated rings. The molecule has 1 heterocycles. The van der Waals surface area contributed by atoms with Crippen LogP contribution in [0.4, 0.5) is 0 Å². The van der Waals surface area contributed by atoms with Crippen LogP contribution in [0.5, 0.6) is 0 Å². The number of hydrogen-bond acceptors (Lipinski definition) is 4. The van der Waals surface area contributed by atoms with E-state index in [9.17, 15) is 0 Å². The van der Waals surface area contributed by atoms with Crippen molar-refractivity contribution in [3.63, 3.8) is 0 Å². The summed E-state index contributed by atoms with van der Waals surface area (Å²) in [5.41, 5.74) is 0. The van der Waals surface area contributed by atoms with Gasteiger partial charge in [-0.3, -0.25) is 0 Å². The Bertz CT molecular complexity index is 79.8. The van der Waals surface area contributed by atoms with Crippen molar-refractivity contribution in [1.82, 2.24) is 0 Å². The highest BCUT2D eigenvalue weighted by atomic mass is 32.2. The molecule has 1 aliphatic rings. The van der Waals surface area contributed by atoms with Gasteiger partial charge in [0.15, 0.2) is 0 Å². The fourth-order valence-corrected chi connectivity index (χ4v) is 4.86. The van der Waals surface area contributed by atoms with Crippen molar-refractivity contribution in [3.05, 3.63) is 0 Å². The molecule has 0 aromatic rings. The Kier molecular flexibility index (Phi) is 5.67. The van der Waals surface area contributed by atoms with Crippen molar-refractivity contribution in [2.24, 2.45) is 0 Å². The molecule has 0 amide bonds. The van der Waals surface area contributed by atoms with Crippen LogP contribution in [0.25, 0.3) is 0 Å². The zero-order valence-corrected chi connectivity index (χ0v) is 9.13. The largest absolute Gasteiger partial charge is 0.168 e. The van der Waals surface area contributed by atoms with Gasteiger partial charge in [-0.1, -0.05) is 0 Å². The molecule has 1 aliphatic heterocycles. The minimum Gasteiger partial charge on any atom is -0.168 e. The lowest BCUT2D eigenvalue weighted by Crippen LogP contribution is -2.01.